The highest BCUT2D eigenvalue weighted by Crippen LogP contribution is 2.39. The van der Waals surface area contributed by atoms with Crippen LogP contribution in [0.4, 0.5) is 5.00 Å². The van der Waals surface area contributed by atoms with Crippen LogP contribution in [0, 0.1) is 0 Å². The topological polar surface area (TPSA) is 67.8 Å². The van der Waals surface area contributed by atoms with Gasteiger partial charge in [-0.3, -0.25) is 9.79 Å². The van der Waals surface area contributed by atoms with E-state index in [1.165, 1.54) is 35.1 Å². The van der Waals surface area contributed by atoms with Crippen molar-refractivity contribution in [2.75, 3.05) is 30.5 Å². The number of anilines is 1. The fourth-order valence-electron chi connectivity index (χ4n) is 2.50. The Labute approximate surface area is 141 Å². The van der Waals surface area contributed by atoms with Gasteiger partial charge in [0, 0.05) is 10.6 Å². The standard InChI is InChI=1S/C14H16N2O3S3/c1-19-13(18)11-8-3-2-4-9(8)22-12(11)16-10(17)7-21-14-15-5-6-20-14/h2-7H2,1H3,(H,16,17). The summed E-state index contributed by atoms with van der Waals surface area (Å²) < 4.78 is 5.84. The van der Waals surface area contributed by atoms with Gasteiger partial charge in [0.05, 0.1) is 25.0 Å². The lowest BCUT2D eigenvalue weighted by molar-refractivity contribution is -0.113. The Balaban J connectivity index is 1.69. The number of carbonyl (C=O) groups excluding carboxylic acids is 2. The van der Waals surface area contributed by atoms with E-state index in [0.29, 0.717) is 16.3 Å². The van der Waals surface area contributed by atoms with Crippen molar-refractivity contribution in [2.24, 2.45) is 4.99 Å². The van der Waals surface area contributed by atoms with Crippen LogP contribution in [0.25, 0.3) is 0 Å². The number of carbonyl (C=O) groups is 2. The smallest absolute Gasteiger partial charge is 0.341 e. The normalized spacial score (nSPS) is 16.3. The highest BCUT2D eigenvalue weighted by atomic mass is 32.2. The average molecular weight is 356 g/mol. The molecule has 1 aliphatic carbocycles. The molecule has 0 saturated heterocycles. The van der Waals surface area contributed by atoms with E-state index in [1.807, 2.05) is 0 Å². The van der Waals surface area contributed by atoms with Crippen LogP contribution in [-0.4, -0.2) is 41.4 Å². The van der Waals surface area contributed by atoms with E-state index < -0.39 is 0 Å². The van der Waals surface area contributed by atoms with Crippen LogP contribution in [0.5, 0.6) is 0 Å². The number of hydrogen-bond donors (Lipinski definition) is 1. The zero-order chi connectivity index (χ0) is 15.5. The first kappa shape index (κ1) is 15.9. The molecule has 2 aliphatic rings. The molecule has 0 fully saturated rings. The molecule has 3 rings (SSSR count). The van der Waals surface area contributed by atoms with Crippen molar-refractivity contribution in [1.29, 1.82) is 0 Å². The van der Waals surface area contributed by atoms with Crippen LogP contribution in [0.1, 0.15) is 27.2 Å². The monoisotopic (exact) mass is 356 g/mol. The summed E-state index contributed by atoms with van der Waals surface area (Å²) in [6.07, 6.45) is 2.92. The number of aliphatic imine (C=N–C) groups is 1. The van der Waals surface area contributed by atoms with Gasteiger partial charge in [-0.2, -0.15) is 0 Å². The van der Waals surface area contributed by atoms with Crippen LogP contribution in [0.3, 0.4) is 0 Å². The minimum atomic E-state index is -0.363. The van der Waals surface area contributed by atoms with Gasteiger partial charge in [0.2, 0.25) is 5.91 Å². The molecule has 2 heterocycles. The summed E-state index contributed by atoms with van der Waals surface area (Å²) in [5.74, 6) is 0.840. The zero-order valence-corrected chi connectivity index (χ0v) is 14.6. The highest BCUT2D eigenvalue weighted by Gasteiger charge is 2.28. The average Bonchev–Trinajstić information content (AvgIpc) is 3.21. The number of rotatable bonds is 4. The van der Waals surface area contributed by atoms with Crippen LogP contribution < -0.4 is 5.32 Å². The maximum Gasteiger partial charge on any atom is 0.341 e. The molecule has 0 aromatic carbocycles. The SMILES string of the molecule is COC(=O)c1c(NC(=O)CSC2=NCCS2)sc2c1CCC2. The first-order valence-electron chi connectivity index (χ1n) is 7.01. The lowest BCUT2D eigenvalue weighted by Gasteiger charge is -2.06. The second-order valence-corrected chi connectivity index (χ2v) is 8.30. The summed E-state index contributed by atoms with van der Waals surface area (Å²) in [5.41, 5.74) is 1.60. The second kappa shape index (κ2) is 7.06. The Morgan fingerprint density at radius 1 is 1.41 bits per heavy atom. The number of ether oxygens (including phenoxy) is 1. The molecule has 5 nitrogen and oxygen atoms in total. The summed E-state index contributed by atoms with van der Waals surface area (Å²) >= 11 is 4.64. The van der Waals surface area contributed by atoms with E-state index in [4.69, 9.17) is 4.74 Å². The largest absolute Gasteiger partial charge is 0.465 e. The maximum atomic E-state index is 12.1. The van der Waals surface area contributed by atoms with Gasteiger partial charge < -0.3 is 10.1 Å². The first-order valence-corrected chi connectivity index (χ1v) is 9.80. The number of esters is 1. The Bertz CT molecular complexity index is 640. The third-order valence-corrected chi connectivity index (χ3v) is 6.91. The molecule has 8 heteroatoms. The van der Waals surface area contributed by atoms with Gasteiger partial charge in [-0.25, -0.2) is 4.79 Å². The van der Waals surface area contributed by atoms with Crippen molar-refractivity contribution in [3.05, 3.63) is 16.0 Å². The van der Waals surface area contributed by atoms with Crippen LogP contribution in [-0.2, 0) is 22.4 Å². The summed E-state index contributed by atoms with van der Waals surface area (Å²) in [7, 11) is 1.37. The molecule has 118 valence electrons. The van der Waals surface area contributed by atoms with Gasteiger partial charge in [0.25, 0.3) is 0 Å². The highest BCUT2D eigenvalue weighted by molar-refractivity contribution is 8.39. The van der Waals surface area contributed by atoms with Crippen LogP contribution >= 0.6 is 34.9 Å². The zero-order valence-electron chi connectivity index (χ0n) is 12.1. The maximum absolute atomic E-state index is 12.1. The number of amides is 1. The number of nitrogens with one attached hydrogen (secondary N) is 1. The quantitative estimate of drug-likeness (QED) is 0.840. The molecular weight excluding hydrogens is 340 g/mol. The molecule has 1 aromatic heterocycles. The first-order chi connectivity index (χ1) is 10.7. The number of thiophene rings is 1. The van der Waals surface area contributed by atoms with Crippen molar-refractivity contribution >= 4 is 56.1 Å². The summed E-state index contributed by atoms with van der Waals surface area (Å²) in [6.45, 7) is 0.832. The third-order valence-electron chi connectivity index (χ3n) is 3.45. The molecule has 1 aliphatic heterocycles. The van der Waals surface area contributed by atoms with Crippen molar-refractivity contribution in [3.8, 4) is 0 Å². The van der Waals surface area contributed by atoms with Crippen molar-refractivity contribution in [1.82, 2.24) is 0 Å². The van der Waals surface area contributed by atoms with E-state index in [2.05, 4.69) is 10.3 Å². The van der Waals surface area contributed by atoms with Gasteiger partial charge in [0.1, 0.15) is 9.38 Å². The number of methoxy groups -OCH3 is 1. The Kier molecular flexibility index (Phi) is 5.10. The molecular formula is C14H16N2O3S3. The van der Waals surface area contributed by atoms with Gasteiger partial charge in [0.15, 0.2) is 0 Å². The van der Waals surface area contributed by atoms with Crippen molar-refractivity contribution in [3.63, 3.8) is 0 Å². The van der Waals surface area contributed by atoms with Crippen LogP contribution in [0.2, 0.25) is 0 Å². The summed E-state index contributed by atoms with van der Waals surface area (Å²) in [4.78, 5) is 29.6. The lowest BCUT2D eigenvalue weighted by atomic mass is 10.1. The second-order valence-electron chi connectivity index (χ2n) is 4.89. The Morgan fingerprint density at radius 2 is 2.27 bits per heavy atom. The lowest BCUT2D eigenvalue weighted by Crippen LogP contribution is -2.16. The molecule has 0 saturated carbocycles. The van der Waals surface area contributed by atoms with E-state index >= 15 is 0 Å². The molecule has 22 heavy (non-hydrogen) atoms. The molecule has 1 amide bonds. The van der Waals surface area contributed by atoms with Gasteiger partial charge >= 0.3 is 5.97 Å². The molecule has 0 unspecified atom stereocenters. The molecule has 0 bridgehead atoms. The van der Waals surface area contributed by atoms with Crippen LogP contribution in [0.15, 0.2) is 4.99 Å². The van der Waals surface area contributed by atoms with Crippen molar-refractivity contribution < 1.29 is 14.3 Å². The molecule has 0 spiro atoms. The van der Waals surface area contributed by atoms with E-state index in [-0.39, 0.29) is 11.9 Å². The minimum Gasteiger partial charge on any atom is -0.465 e. The summed E-state index contributed by atoms with van der Waals surface area (Å²) in [5, 5.41) is 3.50. The third kappa shape index (κ3) is 3.33. The van der Waals surface area contributed by atoms with Gasteiger partial charge in [-0.15, -0.1) is 11.3 Å². The van der Waals surface area contributed by atoms with Crippen molar-refractivity contribution in [2.45, 2.75) is 19.3 Å². The number of thioether (sulfide) groups is 2. The Morgan fingerprint density at radius 3 is 3.00 bits per heavy atom. The molecule has 1 N–H and O–H groups in total. The minimum absolute atomic E-state index is 0.106. The molecule has 1 aromatic rings. The number of aryl methyl sites for hydroxylation is 1. The molecule has 0 radical (unpaired) electrons. The van der Waals surface area contributed by atoms with Gasteiger partial charge in [-0.1, -0.05) is 23.5 Å². The van der Waals surface area contributed by atoms with E-state index in [9.17, 15) is 9.59 Å². The summed E-state index contributed by atoms with van der Waals surface area (Å²) in [6, 6.07) is 0. The van der Waals surface area contributed by atoms with E-state index in [1.54, 1.807) is 11.8 Å². The predicted octanol–water partition coefficient (Wildman–Crippen LogP) is 2.80. The van der Waals surface area contributed by atoms with Gasteiger partial charge in [-0.05, 0) is 24.8 Å². The number of nitrogens with zero attached hydrogens (tertiary/aromatic N) is 1. The fraction of sp³-hybridized carbons (Fsp3) is 0.500. The van der Waals surface area contributed by atoms with E-state index in [0.717, 1.165) is 41.5 Å². The Hall–Kier alpha value is -0.990. The number of fused-ring (bicyclic) bond motifs is 1. The molecule has 0 atom stereocenters. The number of hydrogen-bond acceptors (Lipinski definition) is 7. The predicted molar refractivity (Wildman–Crippen MR) is 93.5 cm³/mol. The fourth-order valence-corrected chi connectivity index (χ4v) is 5.61.